The smallest absolute Gasteiger partial charge is 0.192 e. The number of benzene rings is 2. The van der Waals surface area contributed by atoms with Crippen molar-refractivity contribution in [1.29, 1.82) is 0 Å². The molecule has 0 amide bonds. The Labute approximate surface area is 189 Å². The molecule has 0 bridgehead atoms. The third-order valence-electron chi connectivity index (χ3n) is 7.27. The zero-order chi connectivity index (χ0) is 22.7. The lowest BCUT2D eigenvalue weighted by Gasteiger charge is -2.41. The van der Waals surface area contributed by atoms with Gasteiger partial charge in [0, 0.05) is 22.4 Å². The summed E-state index contributed by atoms with van der Waals surface area (Å²) in [4.78, 5) is 0. The Balaban J connectivity index is 1.85. The first kappa shape index (κ1) is 24.4. The van der Waals surface area contributed by atoms with Crippen molar-refractivity contribution < 1.29 is 14.1 Å². The lowest BCUT2D eigenvalue weighted by Crippen LogP contribution is -2.45. The van der Waals surface area contributed by atoms with E-state index >= 15 is 0 Å². The molecule has 2 aromatic rings. The molecule has 1 saturated carbocycles. The molecule has 170 valence electrons. The molecule has 3 rings (SSSR count). The van der Waals surface area contributed by atoms with Crippen LogP contribution in [0.4, 0.5) is 0 Å². The summed E-state index contributed by atoms with van der Waals surface area (Å²) in [5.74, 6) is 0. The summed E-state index contributed by atoms with van der Waals surface area (Å²) < 4.78 is 21.4. The summed E-state index contributed by atoms with van der Waals surface area (Å²) in [5, 5.41) is 13.2. The monoisotopic (exact) mass is 458 g/mol. The second-order valence-electron chi connectivity index (χ2n) is 10.5. The van der Waals surface area contributed by atoms with Crippen LogP contribution in [0.25, 0.3) is 0 Å². The highest BCUT2D eigenvalue weighted by atomic mass is 31.2. The van der Waals surface area contributed by atoms with Crippen molar-refractivity contribution in [2.75, 3.05) is 0 Å². The lowest BCUT2D eigenvalue weighted by atomic mass is 9.96. The molecular formula is C26H39O3PSi. The second-order valence-corrected chi connectivity index (χ2v) is 18.2. The van der Waals surface area contributed by atoms with E-state index in [1.165, 1.54) is 0 Å². The fourth-order valence-corrected chi connectivity index (χ4v) is 9.30. The van der Waals surface area contributed by atoms with Crippen molar-refractivity contribution in [3.05, 3.63) is 60.7 Å². The molecule has 31 heavy (non-hydrogen) atoms. The van der Waals surface area contributed by atoms with E-state index in [1.54, 1.807) is 0 Å². The molecule has 1 aliphatic carbocycles. The molecule has 3 nitrogen and oxygen atoms in total. The first-order valence-corrected chi connectivity index (χ1v) is 16.3. The first-order valence-electron chi connectivity index (χ1n) is 11.6. The summed E-state index contributed by atoms with van der Waals surface area (Å²) in [6, 6.07) is 19.5. The minimum atomic E-state index is -2.97. The molecule has 0 saturated heterocycles. The predicted octanol–water partition coefficient (Wildman–Crippen LogP) is 6.08. The number of hydrogen-bond donors (Lipinski definition) is 1. The maximum atomic E-state index is 14.7. The van der Waals surface area contributed by atoms with Crippen molar-refractivity contribution in [1.82, 2.24) is 0 Å². The third-order valence-corrected chi connectivity index (χ3v) is 15.5. The molecule has 0 heterocycles. The Bertz CT molecular complexity index is 833. The van der Waals surface area contributed by atoms with Crippen LogP contribution < -0.4 is 10.6 Å². The van der Waals surface area contributed by atoms with Crippen LogP contribution in [0.2, 0.25) is 18.1 Å². The van der Waals surface area contributed by atoms with E-state index in [9.17, 15) is 9.67 Å². The SMILES string of the molecule is CC(C)(C)[Si](C)(C)O[C@@H]1CCC[C@H](P(=O)(c2ccccc2)c2ccccc2)[C@@H](O)CC1. The van der Waals surface area contributed by atoms with Crippen LogP contribution in [0.5, 0.6) is 0 Å². The lowest BCUT2D eigenvalue weighted by molar-refractivity contribution is 0.0933. The molecule has 1 N–H and O–H groups in total. The first-order chi connectivity index (χ1) is 14.6. The molecule has 0 aromatic heterocycles. The van der Waals surface area contributed by atoms with Gasteiger partial charge in [0.15, 0.2) is 8.32 Å². The summed E-state index contributed by atoms with van der Waals surface area (Å²) in [7, 11) is -4.82. The normalized spacial score (nSPS) is 23.7. The zero-order valence-electron chi connectivity index (χ0n) is 19.8. The van der Waals surface area contributed by atoms with Crippen LogP contribution in [0.3, 0.4) is 0 Å². The predicted molar refractivity (Wildman–Crippen MR) is 135 cm³/mol. The van der Waals surface area contributed by atoms with Crippen LogP contribution in [-0.4, -0.2) is 31.3 Å². The Morgan fingerprint density at radius 2 is 1.39 bits per heavy atom. The van der Waals surface area contributed by atoms with Gasteiger partial charge in [0.05, 0.1) is 6.10 Å². The quantitative estimate of drug-likeness (QED) is 0.436. The average Bonchev–Trinajstić information content (AvgIpc) is 2.73. The standard InChI is InChI=1S/C26H39O3PSi/c1-26(2,3)31(4,5)29-21-13-12-18-25(24(27)20-19-21)30(28,22-14-8-6-9-15-22)23-16-10-7-11-17-23/h6-11,14-17,21,24-25,27H,12-13,18-20H2,1-5H3/t21-,24+,25+/m1/s1. The number of aliphatic hydroxyl groups excluding tert-OH is 1. The molecule has 0 radical (unpaired) electrons. The van der Waals surface area contributed by atoms with E-state index in [0.717, 1.165) is 36.3 Å². The Morgan fingerprint density at radius 3 is 1.87 bits per heavy atom. The van der Waals surface area contributed by atoms with Gasteiger partial charge in [-0.1, -0.05) is 87.9 Å². The molecule has 0 spiro atoms. The highest BCUT2D eigenvalue weighted by molar-refractivity contribution is 7.79. The third kappa shape index (κ3) is 5.42. The molecule has 0 unspecified atom stereocenters. The summed E-state index contributed by atoms with van der Waals surface area (Å²) in [6.45, 7) is 11.4. The average molecular weight is 459 g/mol. The zero-order valence-corrected chi connectivity index (χ0v) is 21.6. The van der Waals surface area contributed by atoms with Crippen molar-refractivity contribution in [3.63, 3.8) is 0 Å². The summed E-state index contributed by atoms with van der Waals surface area (Å²) in [6.07, 6.45) is 3.69. The van der Waals surface area contributed by atoms with Crippen molar-refractivity contribution in [3.8, 4) is 0 Å². The van der Waals surface area contributed by atoms with Crippen LogP contribution in [0.1, 0.15) is 52.9 Å². The maximum absolute atomic E-state index is 14.7. The summed E-state index contributed by atoms with van der Waals surface area (Å²) >= 11 is 0. The highest BCUT2D eigenvalue weighted by Crippen LogP contribution is 2.53. The Hall–Kier alpha value is -1.19. The largest absolute Gasteiger partial charge is 0.414 e. The maximum Gasteiger partial charge on any atom is 0.192 e. The van der Waals surface area contributed by atoms with Gasteiger partial charge in [0.25, 0.3) is 0 Å². The van der Waals surface area contributed by atoms with Gasteiger partial charge < -0.3 is 14.1 Å². The van der Waals surface area contributed by atoms with Crippen LogP contribution in [0, 0.1) is 0 Å². The Morgan fingerprint density at radius 1 is 0.871 bits per heavy atom. The van der Waals surface area contributed by atoms with Crippen LogP contribution >= 0.6 is 7.14 Å². The van der Waals surface area contributed by atoms with Gasteiger partial charge in [-0.15, -0.1) is 0 Å². The van der Waals surface area contributed by atoms with Gasteiger partial charge in [0.1, 0.15) is 7.14 Å². The number of aliphatic hydroxyl groups is 1. The minimum absolute atomic E-state index is 0.173. The fraction of sp³-hybridized carbons (Fsp3) is 0.538. The van der Waals surface area contributed by atoms with Gasteiger partial charge in [0.2, 0.25) is 0 Å². The fourth-order valence-electron chi connectivity index (χ4n) is 4.41. The van der Waals surface area contributed by atoms with Crippen molar-refractivity contribution >= 4 is 26.1 Å². The number of hydrogen-bond acceptors (Lipinski definition) is 3. The van der Waals surface area contributed by atoms with Crippen molar-refractivity contribution in [2.45, 2.75) is 88.9 Å². The van der Waals surface area contributed by atoms with Crippen LogP contribution in [-0.2, 0) is 8.99 Å². The van der Waals surface area contributed by atoms with Crippen LogP contribution in [0.15, 0.2) is 60.7 Å². The molecule has 1 fully saturated rings. The topological polar surface area (TPSA) is 46.5 Å². The molecular weight excluding hydrogens is 419 g/mol. The van der Waals surface area contributed by atoms with E-state index in [4.69, 9.17) is 4.43 Å². The van der Waals surface area contributed by atoms with Gasteiger partial charge >= 0.3 is 0 Å². The minimum Gasteiger partial charge on any atom is -0.414 e. The second kappa shape index (κ2) is 9.75. The number of rotatable bonds is 5. The molecule has 5 heteroatoms. The Kier molecular flexibility index (Phi) is 7.69. The van der Waals surface area contributed by atoms with Gasteiger partial charge in [-0.3, -0.25) is 0 Å². The van der Waals surface area contributed by atoms with E-state index in [1.807, 2.05) is 60.7 Å². The highest BCUT2D eigenvalue weighted by Gasteiger charge is 2.43. The van der Waals surface area contributed by atoms with E-state index in [0.29, 0.717) is 6.42 Å². The van der Waals surface area contributed by atoms with Gasteiger partial charge in [-0.2, -0.15) is 0 Å². The van der Waals surface area contributed by atoms with E-state index < -0.39 is 21.6 Å². The molecule has 3 atom stereocenters. The molecule has 0 aliphatic heterocycles. The molecule has 2 aromatic carbocycles. The van der Waals surface area contributed by atoms with Crippen molar-refractivity contribution in [2.24, 2.45) is 0 Å². The van der Waals surface area contributed by atoms with Gasteiger partial charge in [-0.05, 0) is 43.8 Å². The van der Waals surface area contributed by atoms with E-state index in [-0.39, 0.29) is 16.8 Å². The molecule has 1 aliphatic rings. The van der Waals surface area contributed by atoms with Gasteiger partial charge in [-0.25, -0.2) is 0 Å². The summed E-state index contributed by atoms with van der Waals surface area (Å²) in [5.41, 5.74) is -0.258. The van der Waals surface area contributed by atoms with E-state index in [2.05, 4.69) is 33.9 Å².